The summed E-state index contributed by atoms with van der Waals surface area (Å²) in [5.41, 5.74) is 0.243. The highest BCUT2D eigenvalue weighted by Crippen LogP contribution is 2.58. The van der Waals surface area contributed by atoms with Crippen LogP contribution in [0.2, 0.25) is 4.34 Å². The molecule has 6 heteroatoms. The lowest BCUT2D eigenvalue weighted by molar-refractivity contribution is -0.123. The molecule has 2 atom stereocenters. The predicted octanol–water partition coefficient (Wildman–Crippen LogP) is 1.94. The number of aliphatic hydroxyl groups excluding tert-OH is 1. The maximum atomic E-state index is 12.2. The van der Waals surface area contributed by atoms with Crippen LogP contribution in [-0.2, 0) is 4.79 Å². The predicted molar refractivity (Wildman–Crippen MR) is 79.9 cm³/mol. The van der Waals surface area contributed by atoms with Gasteiger partial charge in [0.1, 0.15) is 6.10 Å². The molecule has 4 nitrogen and oxygen atoms in total. The number of hydrogen-bond acceptors (Lipinski definition) is 4. The molecular formula is C14H19ClN2O2S. The van der Waals surface area contributed by atoms with E-state index in [4.69, 9.17) is 11.6 Å². The SMILES string of the molecule is O=C(NCC(O)c1ccc(Cl)s1)C1CC12CCNCC2. The van der Waals surface area contributed by atoms with Crippen molar-refractivity contribution in [1.82, 2.24) is 10.6 Å². The second-order valence-electron chi connectivity index (χ2n) is 5.77. The Labute approximate surface area is 127 Å². The van der Waals surface area contributed by atoms with Crippen LogP contribution in [0.15, 0.2) is 12.1 Å². The Hall–Kier alpha value is -0.620. The molecule has 1 aliphatic heterocycles. The maximum Gasteiger partial charge on any atom is 0.223 e. The summed E-state index contributed by atoms with van der Waals surface area (Å²) in [6, 6.07) is 3.56. The van der Waals surface area contributed by atoms with Crippen molar-refractivity contribution in [3.63, 3.8) is 0 Å². The van der Waals surface area contributed by atoms with E-state index in [1.165, 1.54) is 11.3 Å². The number of rotatable bonds is 4. The van der Waals surface area contributed by atoms with Gasteiger partial charge in [-0.1, -0.05) is 11.6 Å². The highest BCUT2D eigenvalue weighted by Gasteiger charge is 2.57. The van der Waals surface area contributed by atoms with Crippen molar-refractivity contribution in [2.45, 2.75) is 25.4 Å². The van der Waals surface area contributed by atoms with E-state index in [1.54, 1.807) is 12.1 Å². The standard InChI is InChI=1S/C14H19ClN2O2S/c15-12-2-1-11(20-12)10(18)8-17-13(19)9-7-14(9)3-5-16-6-4-14/h1-2,9-10,16,18H,3-8H2,(H,17,19). The Balaban J connectivity index is 1.48. The Morgan fingerprint density at radius 2 is 2.30 bits per heavy atom. The Kier molecular flexibility index (Phi) is 4.04. The smallest absolute Gasteiger partial charge is 0.223 e. The van der Waals surface area contributed by atoms with Crippen LogP contribution in [0.4, 0.5) is 0 Å². The second kappa shape index (κ2) is 5.64. The molecule has 20 heavy (non-hydrogen) atoms. The van der Waals surface area contributed by atoms with Gasteiger partial charge in [0.15, 0.2) is 0 Å². The van der Waals surface area contributed by atoms with Gasteiger partial charge in [0.25, 0.3) is 0 Å². The first-order chi connectivity index (χ1) is 9.61. The summed E-state index contributed by atoms with van der Waals surface area (Å²) in [7, 11) is 0. The molecule has 0 radical (unpaired) electrons. The lowest BCUT2D eigenvalue weighted by atomic mass is 9.92. The molecule has 2 unspecified atom stereocenters. The molecule has 1 aliphatic carbocycles. The van der Waals surface area contributed by atoms with Crippen LogP contribution in [0.25, 0.3) is 0 Å². The maximum absolute atomic E-state index is 12.2. The molecular weight excluding hydrogens is 296 g/mol. The summed E-state index contributed by atoms with van der Waals surface area (Å²) >= 11 is 7.19. The summed E-state index contributed by atoms with van der Waals surface area (Å²) in [5, 5.41) is 16.2. The minimum Gasteiger partial charge on any atom is -0.386 e. The number of thiophene rings is 1. The van der Waals surface area contributed by atoms with E-state index < -0.39 is 6.10 Å². The summed E-state index contributed by atoms with van der Waals surface area (Å²) in [6.07, 6.45) is 2.52. The molecule has 0 bridgehead atoms. The third kappa shape index (κ3) is 2.86. The highest BCUT2D eigenvalue weighted by molar-refractivity contribution is 7.16. The zero-order chi connectivity index (χ0) is 14.2. The number of nitrogens with one attached hydrogen (secondary N) is 2. The van der Waals surface area contributed by atoms with Crippen molar-refractivity contribution in [3.8, 4) is 0 Å². The number of piperidine rings is 1. The third-order valence-corrected chi connectivity index (χ3v) is 5.83. The summed E-state index contributed by atoms with van der Waals surface area (Å²) in [4.78, 5) is 12.9. The van der Waals surface area contributed by atoms with Crippen LogP contribution in [-0.4, -0.2) is 30.6 Å². The quantitative estimate of drug-likeness (QED) is 0.796. The number of halogens is 1. The molecule has 1 amide bonds. The van der Waals surface area contributed by atoms with E-state index in [9.17, 15) is 9.90 Å². The minimum atomic E-state index is -0.667. The lowest BCUT2D eigenvalue weighted by Gasteiger charge is -2.23. The molecule has 0 aromatic carbocycles. The van der Waals surface area contributed by atoms with Crippen molar-refractivity contribution < 1.29 is 9.90 Å². The Morgan fingerprint density at radius 1 is 1.55 bits per heavy atom. The number of aliphatic hydroxyl groups is 1. The van der Waals surface area contributed by atoms with Gasteiger partial charge in [0.2, 0.25) is 5.91 Å². The molecule has 110 valence electrons. The monoisotopic (exact) mass is 314 g/mol. The lowest BCUT2D eigenvalue weighted by Crippen LogP contribution is -2.35. The first-order valence-corrected chi connectivity index (χ1v) is 8.22. The van der Waals surface area contributed by atoms with Crippen molar-refractivity contribution in [1.29, 1.82) is 0 Å². The normalized spacial score (nSPS) is 25.4. The molecule has 2 heterocycles. The summed E-state index contributed by atoms with van der Waals surface area (Å²) in [6.45, 7) is 2.29. The fourth-order valence-corrected chi connectivity index (χ4v) is 4.17. The van der Waals surface area contributed by atoms with Crippen molar-refractivity contribution in [2.75, 3.05) is 19.6 Å². The van der Waals surface area contributed by atoms with Gasteiger partial charge in [0, 0.05) is 17.3 Å². The fourth-order valence-electron chi connectivity index (χ4n) is 3.12. The number of hydrogen-bond donors (Lipinski definition) is 3. The molecule has 1 aromatic heterocycles. The van der Waals surface area contributed by atoms with Gasteiger partial charge in [-0.2, -0.15) is 0 Å². The minimum absolute atomic E-state index is 0.0913. The summed E-state index contributed by atoms with van der Waals surface area (Å²) in [5.74, 6) is 0.234. The van der Waals surface area contributed by atoms with Crippen LogP contribution < -0.4 is 10.6 Å². The zero-order valence-electron chi connectivity index (χ0n) is 11.2. The van der Waals surface area contributed by atoms with Crippen LogP contribution in [0.1, 0.15) is 30.2 Å². The van der Waals surface area contributed by atoms with E-state index in [0.717, 1.165) is 37.2 Å². The summed E-state index contributed by atoms with van der Waals surface area (Å²) < 4.78 is 0.654. The molecule has 1 saturated carbocycles. The first kappa shape index (κ1) is 14.3. The molecule has 1 spiro atoms. The van der Waals surface area contributed by atoms with Crippen LogP contribution in [0.3, 0.4) is 0 Å². The largest absolute Gasteiger partial charge is 0.386 e. The van der Waals surface area contributed by atoms with Crippen molar-refractivity contribution in [3.05, 3.63) is 21.3 Å². The number of carbonyl (C=O) groups excluding carboxylic acids is 1. The average molecular weight is 315 g/mol. The van der Waals surface area contributed by atoms with Gasteiger partial charge in [-0.15, -0.1) is 11.3 Å². The topological polar surface area (TPSA) is 61.4 Å². The molecule has 2 fully saturated rings. The first-order valence-electron chi connectivity index (χ1n) is 7.02. The van der Waals surface area contributed by atoms with E-state index in [0.29, 0.717) is 4.34 Å². The van der Waals surface area contributed by atoms with Gasteiger partial charge in [-0.25, -0.2) is 0 Å². The van der Waals surface area contributed by atoms with Crippen molar-refractivity contribution >= 4 is 28.8 Å². The average Bonchev–Trinajstić information content (AvgIpc) is 2.94. The van der Waals surface area contributed by atoms with E-state index in [-0.39, 0.29) is 23.8 Å². The zero-order valence-corrected chi connectivity index (χ0v) is 12.8. The van der Waals surface area contributed by atoms with Gasteiger partial charge in [-0.3, -0.25) is 4.79 Å². The van der Waals surface area contributed by atoms with E-state index in [1.807, 2.05) is 0 Å². The van der Waals surface area contributed by atoms with Gasteiger partial charge < -0.3 is 15.7 Å². The molecule has 1 aromatic rings. The van der Waals surface area contributed by atoms with Gasteiger partial charge >= 0.3 is 0 Å². The van der Waals surface area contributed by atoms with Crippen LogP contribution >= 0.6 is 22.9 Å². The van der Waals surface area contributed by atoms with Crippen molar-refractivity contribution in [2.24, 2.45) is 11.3 Å². The van der Waals surface area contributed by atoms with Crippen LogP contribution in [0.5, 0.6) is 0 Å². The molecule has 2 aliphatic rings. The molecule has 3 rings (SSSR count). The van der Waals surface area contributed by atoms with E-state index >= 15 is 0 Å². The third-order valence-electron chi connectivity index (χ3n) is 4.50. The molecule has 3 N–H and O–H groups in total. The Morgan fingerprint density at radius 3 is 2.95 bits per heavy atom. The van der Waals surface area contributed by atoms with Gasteiger partial charge in [-0.05, 0) is 49.9 Å². The number of amides is 1. The number of carbonyl (C=O) groups is 1. The van der Waals surface area contributed by atoms with Gasteiger partial charge in [0.05, 0.1) is 4.34 Å². The van der Waals surface area contributed by atoms with E-state index in [2.05, 4.69) is 10.6 Å². The second-order valence-corrected chi connectivity index (χ2v) is 7.52. The molecule has 1 saturated heterocycles. The Bertz CT molecular complexity index is 499. The highest BCUT2D eigenvalue weighted by atomic mass is 35.5. The fraction of sp³-hybridized carbons (Fsp3) is 0.643. The van der Waals surface area contributed by atoms with Crippen LogP contribution in [0, 0.1) is 11.3 Å².